The number of rotatable bonds is 15. The third-order valence-corrected chi connectivity index (χ3v) is 9.79. The van der Waals surface area contributed by atoms with Crippen molar-refractivity contribution in [1.29, 1.82) is 0 Å². The number of ether oxygens (including phenoxy) is 11. The van der Waals surface area contributed by atoms with Crippen molar-refractivity contribution < 1.29 is 85.7 Å². The number of hydrogen-bond donors (Lipinski definition) is 0. The molecule has 2 aliphatic heterocycles. The Kier molecular flexibility index (Phi) is 15.9. The molecule has 2 aliphatic rings. The van der Waals surface area contributed by atoms with Gasteiger partial charge in [0.15, 0.2) is 49.2 Å². The van der Waals surface area contributed by atoms with Gasteiger partial charge in [0, 0.05) is 21.0 Å². The molecule has 0 aliphatic carbocycles. The van der Waals surface area contributed by atoms with Gasteiger partial charge in [0.05, 0.1) is 29.4 Å². The van der Waals surface area contributed by atoms with E-state index in [1.54, 1.807) is 72.8 Å². The largest absolute Gasteiger partial charge is 0.467 e. The minimum absolute atomic E-state index is 0.00946. The summed E-state index contributed by atoms with van der Waals surface area (Å²) in [5.74, 6) is -6.67. The van der Waals surface area contributed by atoms with Crippen molar-refractivity contribution in [3.8, 4) is 0 Å². The summed E-state index contributed by atoms with van der Waals surface area (Å²) in [7, 11) is 2.21. The fourth-order valence-corrected chi connectivity index (χ4v) is 6.89. The van der Waals surface area contributed by atoms with Crippen LogP contribution < -0.4 is 0 Å². The van der Waals surface area contributed by atoms with Crippen LogP contribution in [0.25, 0.3) is 0 Å². The van der Waals surface area contributed by atoms with Crippen LogP contribution in [0.15, 0.2) is 121 Å². The molecule has 0 spiro atoms. The predicted octanol–water partition coefficient (Wildman–Crippen LogP) is 4.04. The molecule has 0 amide bonds. The summed E-state index contributed by atoms with van der Waals surface area (Å²) in [6.07, 6.45) is -17.7. The lowest BCUT2D eigenvalue weighted by molar-refractivity contribution is -0.351. The second-order valence-corrected chi connectivity index (χ2v) is 14.1. The van der Waals surface area contributed by atoms with Crippen LogP contribution in [0.1, 0.15) is 55.3 Å². The highest BCUT2D eigenvalue weighted by atomic mass is 16.8. The van der Waals surface area contributed by atoms with Crippen LogP contribution in [0.5, 0.6) is 0 Å². The Bertz CT molecular complexity index is 2240. The lowest BCUT2D eigenvalue weighted by Gasteiger charge is -2.48. The second kappa shape index (κ2) is 21.9. The van der Waals surface area contributed by atoms with E-state index in [9.17, 15) is 33.6 Å². The van der Waals surface area contributed by atoms with Gasteiger partial charge in [0.1, 0.15) is 18.8 Å². The Hall–Kier alpha value is -6.99. The molecule has 0 unspecified atom stereocenters. The van der Waals surface area contributed by atoms with E-state index in [2.05, 4.69) is 0 Å². The summed E-state index contributed by atoms with van der Waals surface area (Å²) in [6, 6.07) is 30.9. The highest BCUT2D eigenvalue weighted by Crippen LogP contribution is 2.36. The Morgan fingerprint density at radius 1 is 0.453 bits per heavy atom. The van der Waals surface area contributed by atoms with E-state index in [-0.39, 0.29) is 22.3 Å². The molecule has 64 heavy (non-hydrogen) atoms. The number of carbonyl (C=O) groups excluding carboxylic acids is 7. The highest BCUT2D eigenvalue weighted by molar-refractivity contribution is 5.91. The molecule has 2 saturated heterocycles. The van der Waals surface area contributed by atoms with Crippen LogP contribution >= 0.6 is 0 Å². The molecule has 0 aromatic heterocycles. The maximum Gasteiger partial charge on any atom is 0.338 e. The topological polar surface area (TPSA) is 221 Å². The Labute approximate surface area is 366 Å². The molecule has 0 saturated carbocycles. The van der Waals surface area contributed by atoms with Gasteiger partial charge >= 0.3 is 41.8 Å². The quantitative estimate of drug-likeness (QED) is 0.121. The smallest absolute Gasteiger partial charge is 0.338 e. The molecule has 2 heterocycles. The van der Waals surface area contributed by atoms with Gasteiger partial charge in [-0.2, -0.15) is 0 Å². The second-order valence-electron chi connectivity index (χ2n) is 14.1. The van der Waals surface area contributed by atoms with Crippen molar-refractivity contribution in [2.75, 3.05) is 20.8 Å². The van der Waals surface area contributed by atoms with Crippen molar-refractivity contribution in [2.24, 2.45) is 0 Å². The minimum atomic E-state index is -2.01. The number of esters is 7. The molecule has 0 bridgehead atoms. The lowest BCUT2D eigenvalue weighted by Crippen LogP contribution is -2.67. The summed E-state index contributed by atoms with van der Waals surface area (Å²) >= 11 is 0. The summed E-state index contributed by atoms with van der Waals surface area (Å²) in [4.78, 5) is 94.0. The Balaban J connectivity index is 1.51. The van der Waals surface area contributed by atoms with Gasteiger partial charge in [0.25, 0.3) is 0 Å². The number of methoxy groups -OCH3 is 2. The number of benzene rings is 4. The first-order valence-corrected chi connectivity index (χ1v) is 19.8. The molecule has 336 valence electrons. The first-order valence-electron chi connectivity index (χ1n) is 19.8. The fourth-order valence-electron chi connectivity index (χ4n) is 6.89. The minimum Gasteiger partial charge on any atom is -0.467 e. The van der Waals surface area contributed by atoms with Gasteiger partial charge in [-0.1, -0.05) is 72.8 Å². The van der Waals surface area contributed by atoms with E-state index in [1.165, 1.54) is 55.6 Å². The van der Waals surface area contributed by atoms with Crippen molar-refractivity contribution >= 4 is 41.8 Å². The van der Waals surface area contributed by atoms with Gasteiger partial charge in [-0.25, -0.2) is 24.0 Å². The molecule has 18 heteroatoms. The Morgan fingerprint density at radius 3 is 1.28 bits per heavy atom. The molecular weight excluding hydrogens is 840 g/mol. The first kappa shape index (κ1) is 46.5. The zero-order chi connectivity index (χ0) is 45.8. The van der Waals surface area contributed by atoms with Crippen LogP contribution in [0.4, 0.5) is 0 Å². The maximum atomic E-state index is 14.1. The molecule has 4 aromatic rings. The average molecular weight is 885 g/mol. The van der Waals surface area contributed by atoms with E-state index in [1.807, 2.05) is 0 Å². The molecule has 10 atom stereocenters. The normalized spacial score (nSPS) is 25.1. The van der Waals surface area contributed by atoms with E-state index in [0.29, 0.717) is 0 Å². The first-order chi connectivity index (χ1) is 30.9. The molecule has 0 radical (unpaired) electrons. The van der Waals surface area contributed by atoms with E-state index in [0.717, 1.165) is 21.0 Å². The lowest BCUT2D eigenvalue weighted by atomic mass is 9.95. The van der Waals surface area contributed by atoms with Crippen molar-refractivity contribution in [3.63, 3.8) is 0 Å². The average Bonchev–Trinajstić information content (AvgIpc) is 3.31. The van der Waals surface area contributed by atoms with Gasteiger partial charge in [-0.05, 0) is 48.5 Å². The van der Waals surface area contributed by atoms with Gasteiger partial charge in [-0.15, -0.1) is 0 Å². The van der Waals surface area contributed by atoms with Gasteiger partial charge in [0.2, 0.25) is 0 Å². The maximum absolute atomic E-state index is 14.1. The van der Waals surface area contributed by atoms with Gasteiger partial charge in [-0.3, -0.25) is 9.59 Å². The van der Waals surface area contributed by atoms with E-state index in [4.69, 9.17) is 52.1 Å². The third-order valence-electron chi connectivity index (χ3n) is 9.79. The SMILES string of the molecule is COC(=O)[C@H]1O[C@H](OC)[C@H](OC(C)=O)[C@@H](OC(C)=O)[C@@H]1O[C@@H]1O[C@H](COC(=O)c2ccccc2)[C@@H](OC(=O)c2ccccc2)[C@H](OC(=O)c2ccccc2)[C@H]1OC(=O)c1ccccc1. The molecule has 18 nitrogen and oxygen atoms in total. The summed E-state index contributed by atoms with van der Waals surface area (Å²) in [6.45, 7) is 1.39. The summed E-state index contributed by atoms with van der Waals surface area (Å²) < 4.78 is 64.3. The van der Waals surface area contributed by atoms with Gasteiger partial charge < -0.3 is 52.1 Å². The molecule has 2 fully saturated rings. The molecular formula is C46H44O18. The molecule has 6 rings (SSSR count). The van der Waals surface area contributed by atoms with Crippen LogP contribution in [0.2, 0.25) is 0 Å². The van der Waals surface area contributed by atoms with E-state index < -0.39 is 110 Å². The predicted molar refractivity (Wildman–Crippen MR) is 216 cm³/mol. The van der Waals surface area contributed by atoms with Crippen molar-refractivity contribution in [3.05, 3.63) is 144 Å². The zero-order valence-corrected chi connectivity index (χ0v) is 34.9. The van der Waals surface area contributed by atoms with Crippen LogP contribution in [0.3, 0.4) is 0 Å². The monoisotopic (exact) mass is 884 g/mol. The van der Waals surface area contributed by atoms with Crippen molar-refractivity contribution in [1.82, 2.24) is 0 Å². The molecule has 0 N–H and O–H groups in total. The molecule has 4 aromatic carbocycles. The standard InChI is InChI=1S/C46H44O18/c1-26(47)57-36-35(37(44(53)54-3)64-45(55-4)38(36)58-27(2)48)63-46-39(62-43(52)31-23-15-8-16-24-31)34(61-42(51)30-21-13-7-14-22-30)33(60-41(50)29-19-11-6-12-20-29)32(59-46)25-56-40(49)28-17-9-5-10-18-28/h5-24,32-39,45-46H,25H2,1-4H3/t32-,33-,34+,35+,36+,37+,38-,39-,45+,46+/m1/s1. The van der Waals surface area contributed by atoms with E-state index >= 15 is 0 Å². The third kappa shape index (κ3) is 11.5. The Morgan fingerprint density at radius 2 is 0.844 bits per heavy atom. The van der Waals surface area contributed by atoms with Crippen LogP contribution in [0, 0.1) is 0 Å². The number of carbonyl (C=O) groups is 7. The summed E-state index contributed by atoms with van der Waals surface area (Å²) in [5.41, 5.74) is 0.228. The zero-order valence-electron chi connectivity index (χ0n) is 34.9. The summed E-state index contributed by atoms with van der Waals surface area (Å²) in [5, 5.41) is 0. The number of hydrogen-bond acceptors (Lipinski definition) is 18. The highest BCUT2D eigenvalue weighted by Gasteiger charge is 2.59. The van der Waals surface area contributed by atoms with Crippen LogP contribution in [-0.2, 0) is 66.5 Å². The van der Waals surface area contributed by atoms with Crippen LogP contribution in [-0.4, -0.2) is 124 Å². The fraction of sp³-hybridized carbons (Fsp3) is 0.326. The van der Waals surface area contributed by atoms with Crippen molar-refractivity contribution in [2.45, 2.75) is 75.3 Å².